The van der Waals surface area contributed by atoms with Gasteiger partial charge in [0.2, 0.25) is 5.91 Å². The van der Waals surface area contributed by atoms with Crippen molar-refractivity contribution in [3.05, 3.63) is 12.7 Å². The fourth-order valence-corrected chi connectivity index (χ4v) is 6.18. The Morgan fingerprint density at radius 1 is 1.21 bits per heavy atom. The van der Waals surface area contributed by atoms with E-state index in [2.05, 4.69) is 57.0 Å². The molecule has 0 spiro atoms. The van der Waals surface area contributed by atoms with Crippen LogP contribution in [0.15, 0.2) is 12.7 Å². The molecule has 3 heterocycles. The van der Waals surface area contributed by atoms with Crippen LogP contribution >= 0.6 is 0 Å². The second-order valence-electron chi connectivity index (χ2n) is 9.73. The van der Waals surface area contributed by atoms with Crippen LogP contribution in [0, 0.1) is 29.6 Å². The van der Waals surface area contributed by atoms with Crippen molar-refractivity contribution in [1.82, 2.24) is 31.5 Å². The summed E-state index contributed by atoms with van der Waals surface area (Å²) in [6.45, 7) is 6.40. The summed E-state index contributed by atoms with van der Waals surface area (Å²) in [5.41, 5.74) is 6.61. The molecule has 10 nitrogen and oxygen atoms in total. The Morgan fingerprint density at radius 3 is 2.74 bits per heavy atom. The van der Waals surface area contributed by atoms with Crippen LogP contribution in [-0.4, -0.2) is 88.2 Å². The van der Waals surface area contributed by atoms with Crippen LogP contribution in [-0.2, 0) is 14.3 Å². The Balaban J connectivity index is 1.48. The molecule has 0 aromatic rings. The van der Waals surface area contributed by atoms with E-state index in [0.717, 1.165) is 38.8 Å². The zero-order valence-corrected chi connectivity index (χ0v) is 20.4. The van der Waals surface area contributed by atoms with E-state index in [1.807, 2.05) is 0 Å². The van der Waals surface area contributed by atoms with Gasteiger partial charge in [-0.2, -0.15) is 0 Å². The van der Waals surface area contributed by atoms with E-state index in [1.54, 1.807) is 7.11 Å². The second-order valence-corrected chi connectivity index (χ2v) is 9.73. The molecule has 0 radical (unpaired) electrons. The lowest BCUT2D eigenvalue weighted by Gasteiger charge is -2.43. The molecular weight excluding hydrogens is 434 g/mol. The standard InChI is InChI=1S/C24H41N7O3/c1-4-19(32)26-10-5-7-16-20(21-22(25)29-14-30-23(21)31(16)2)15-8-9-17(18(13-15)33-3)34-24-27-11-6-12-28-24/h4,15-18,20-24,27-30H,1,6,8-14,25H2,2-3H3,(H,26,32). The van der Waals surface area contributed by atoms with Crippen molar-refractivity contribution in [2.75, 3.05) is 40.5 Å². The molecule has 10 heteroatoms. The Labute approximate surface area is 203 Å². The third-order valence-electron chi connectivity index (χ3n) is 7.84. The number of rotatable bonds is 6. The van der Waals surface area contributed by atoms with Crippen molar-refractivity contribution in [3.63, 3.8) is 0 Å². The number of hydrogen-bond donors (Lipinski definition) is 6. The highest BCUT2D eigenvalue weighted by Crippen LogP contribution is 2.45. The molecule has 1 aliphatic carbocycles. The predicted molar refractivity (Wildman–Crippen MR) is 130 cm³/mol. The maximum absolute atomic E-state index is 11.5. The first kappa shape index (κ1) is 25.5. The molecular formula is C24H41N7O3. The first-order valence-corrected chi connectivity index (χ1v) is 12.5. The molecule has 4 fully saturated rings. The van der Waals surface area contributed by atoms with Gasteiger partial charge in [-0.3, -0.25) is 31.0 Å². The maximum Gasteiger partial charge on any atom is 0.244 e. The zero-order chi connectivity index (χ0) is 24.1. The van der Waals surface area contributed by atoms with Crippen molar-refractivity contribution < 1.29 is 14.3 Å². The number of methoxy groups -OCH3 is 1. The summed E-state index contributed by atoms with van der Waals surface area (Å²) in [7, 11) is 3.90. The van der Waals surface area contributed by atoms with E-state index >= 15 is 0 Å². The molecule has 0 bridgehead atoms. The Morgan fingerprint density at radius 2 is 2.00 bits per heavy atom. The summed E-state index contributed by atoms with van der Waals surface area (Å²) in [5.74, 6) is 7.32. The minimum atomic E-state index is -0.213. The minimum Gasteiger partial charge on any atom is -0.379 e. The van der Waals surface area contributed by atoms with E-state index in [9.17, 15) is 4.79 Å². The number of hydrogen-bond acceptors (Lipinski definition) is 9. The van der Waals surface area contributed by atoms with Crippen molar-refractivity contribution in [1.29, 1.82) is 0 Å². The predicted octanol–water partition coefficient (Wildman–Crippen LogP) is -1.33. The molecule has 8 atom stereocenters. The van der Waals surface area contributed by atoms with Crippen LogP contribution in [0.5, 0.6) is 0 Å². The van der Waals surface area contributed by atoms with Gasteiger partial charge in [0, 0.05) is 19.7 Å². The summed E-state index contributed by atoms with van der Waals surface area (Å²) >= 11 is 0. The number of nitrogens with one attached hydrogen (secondary N) is 5. The van der Waals surface area contributed by atoms with E-state index in [0.29, 0.717) is 19.1 Å². The van der Waals surface area contributed by atoms with E-state index < -0.39 is 0 Å². The van der Waals surface area contributed by atoms with Crippen LogP contribution in [0.4, 0.5) is 0 Å². The van der Waals surface area contributed by atoms with Gasteiger partial charge < -0.3 is 20.5 Å². The molecule has 3 saturated heterocycles. The lowest BCUT2D eigenvalue weighted by molar-refractivity contribution is -0.140. The fraction of sp³-hybridized carbons (Fsp3) is 0.792. The molecule has 4 aliphatic rings. The number of ether oxygens (including phenoxy) is 2. The van der Waals surface area contributed by atoms with Gasteiger partial charge in [0.15, 0.2) is 6.35 Å². The van der Waals surface area contributed by atoms with Crippen molar-refractivity contribution in [2.24, 2.45) is 23.5 Å². The normalized spacial score (nSPS) is 39.0. The number of fused-ring (bicyclic) bond motifs is 1. The zero-order valence-electron chi connectivity index (χ0n) is 20.4. The molecule has 0 aromatic carbocycles. The van der Waals surface area contributed by atoms with E-state index in [-0.39, 0.29) is 54.7 Å². The topological polar surface area (TPSA) is 125 Å². The van der Waals surface area contributed by atoms with Crippen LogP contribution in [0.2, 0.25) is 0 Å². The highest BCUT2D eigenvalue weighted by Gasteiger charge is 2.54. The molecule has 4 rings (SSSR count). The molecule has 190 valence electrons. The lowest BCUT2D eigenvalue weighted by atomic mass is 9.70. The molecule has 1 saturated carbocycles. The van der Waals surface area contributed by atoms with E-state index in [1.165, 1.54) is 6.08 Å². The number of carbonyl (C=O) groups is 1. The Kier molecular flexibility index (Phi) is 8.96. The molecule has 34 heavy (non-hydrogen) atoms. The maximum atomic E-state index is 11.5. The molecule has 0 aromatic heterocycles. The number of amides is 1. The van der Waals surface area contributed by atoms with Crippen LogP contribution in [0.25, 0.3) is 0 Å². The summed E-state index contributed by atoms with van der Waals surface area (Å²) in [5, 5.41) is 16.5. The first-order chi connectivity index (χ1) is 16.5. The Hall–Kier alpha value is -1.55. The minimum absolute atomic E-state index is 0.0230. The highest BCUT2D eigenvalue weighted by atomic mass is 16.6. The third kappa shape index (κ3) is 5.64. The van der Waals surface area contributed by atoms with Gasteiger partial charge in [0.05, 0.1) is 37.1 Å². The van der Waals surface area contributed by atoms with Gasteiger partial charge in [-0.05, 0) is 63.7 Å². The number of carbonyl (C=O) groups excluding carboxylic acids is 1. The largest absolute Gasteiger partial charge is 0.379 e. The summed E-state index contributed by atoms with van der Waals surface area (Å²) in [6.07, 6.45) is 5.28. The van der Waals surface area contributed by atoms with Gasteiger partial charge in [-0.1, -0.05) is 18.4 Å². The summed E-state index contributed by atoms with van der Waals surface area (Å²) in [6, 6.07) is 0.0377. The molecule has 7 N–H and O–H groups in total. The lowest BCUT2D eigenvalue weighted by Crippen LogP contribution is -2.63. The van der Waals surface area contributed by atoms with Gasteiger partial charge in [0.1, 0.15) is 0 Å². The van der Waals surface area contributed by atoms with Crippen LogP contribution in [0.3, 0.4) is 0 Å². The number of nitrogens with zero attached hydrogens (tertiary/aromatic N) is 1. The van der Waals surface area contributed by atoms with Gasteiger partial charge in [-0.15, -0.1) is 0 Å². The van der Waals surface area contributed by atoms with E-state index in [4.69, 9.17) is 15.2 Å². The number of likely N-dealkylation sites (tertiary alicyclic amines) is 1. The third-order valence-corrected chi connectivity index (χ3v) is 7.84. The van der Waals surface area contributed by atoms with Crippen molar-refractivity contribution in [3.8, 4) is 11.8 Å². The highest BCUT2D eigenvalue weighted by molar-refractivity contribution is 5.86. The van der Waals surface area contributed by atoms with Crippen molar-refractivity contribution in [2.45, 2.75) is 62.6 Å². The fourth-order valence-electron chi connectivity index (χ4n) is 6.18. The average molecular weight is 476 g/mol. The first-order valence-electron chi connectivity index (χ1n) is 12.5. The quantitative estimate of drug-likeness (QED) is 0.205. The number of nitrogens with two attached hydrogens (primary N) is 1. The van der Waals surface area contributed by atoms with Gasteiger partial charge in [-0.25, -0.2) is 0 Å². The monoisotopic (exact) mass is 475 g/mol. The van der Waals surface area contributed by atoms with Crippen LogP contribution in [0.1, 0.15) is 25.7 Å². The summed E-state index contributed by atoms with van der Waals surface area (Å²) < 4.78 is 12.3. The SMILES string of the molecule is C=CC(=O)NCC#CC1C(C2CCC(OC3NCCCN3)C(OC)C2)C2C(N)NCNC2N1C. The Bertz CT molecular complexity index is 765. The van der Waals surface area contributed by atoms with Gasteiger partial charge >= 0.3 is 0 Å². The van der Waals surface area contributed by atoms with Crippen molar-refractivity contribution >= 4 is 5.91 Å². The average Bonchev–Trinajstić information content (AvgIpc) is 3.15. The molecule has 8 unspecified atom stereocenters. The summed E-state index contributed by atoms with van der Waals surface area (Å²) in [4.78, 5) is 13.8. The molecule has 1 amide bonds. The van der Waals surface area contributed by atoms with Gasteiger partial charge in [0.25, 0.3) is 0 Å². The van der Waals surface area contributed by atoms with Crippen LogP contribution < -0.4 is 32.3 Å². The second kappa shape index (κ2) is 11.9. The molecule has 3 aliphatic heterocycles. The smallest absolute Gasteiger partial charge is 0.244 e.